The normalized spacial score (nSPS) is 13.1. The first-order valence-corrected chi connectivity index (χ1v) is 28.4. The average Bonchev–Trinajstić information content (AvgIpc) is 3.28. The van der Waals surface area contributed by atoms with Crippen LogP contribution in [0.1, 0.15) is 285 Å². The van der Waals surface area contributed by atoms with Crippen molar-refractivity contribution in [2.75, 3.05) is 46.9 Å². The minimum Gasteiger partial charge on any atom is -0.465 e. The van der Waals surface area contributed by atoms with Crippen LogP contribution in [0.5, 0.6) is 0 Å². The van der Waals surface area contributed by atoms with Gasteiger partial charge < -0.3 is 14.4 Å². The molecule has 0 amide bonds. The van der Waals surface area contributed by atoms with E-state index in [1.165, 1.54) is 161 Å². The average molecular weight is 906 g/mol. The van der Waals surface area contributed by atoms with E-state index in [-0.39, 0.29) is 18.0 Å². The Kier molecular flexibility index (Phi) is 46.9. The molecule has 0 bridgehead atoms. The summed E-state index contributed by atoms with van der Waals surface area (Å²) in [5.74, 6) is 1.50. The summed E-state index contributed by atoms with van der Waals surface area (Å²) in [6.45, 7) is 15.5. The van der Waals surface area contributed by atoms with Gasteiger partial charge in [0.2, 0.25) is 0 Å². The van der Waals surface area contributed by atoms with E-state index in [2.05, 4.69) is 58.5 Å². The molecule has 0 aromatic carbocycles. The molecule has 380 valence electrons. The summed E-state index contributed by atoms with van der Waals surface area (Å²) >= 11 is 0. The van der Waals surface area contributed by atoms with Gasteiger partial charge in [-0.2, -0.15) is 0 Å². The van der Waals surface area contributed by atoms with Crippen LogP contribution in [0.3, 0.4) is 0 Å². The Bertz CT molecular complexity index is 964. The molecule has 7 heteroatoms. The van der Waals surface area contributed by atoms with E-state index < -0.39 is 0 Å². The van der Waals surface area contributed by atoms with Gasteiger partial charge in [0.1, 0.15) is 5.78 Å². The standard InChI is InChI=1S/C57H112N2O5/c1-8-13-18-21-26-33-44-55(60)54(43-38-47-58(6)7)59(48-36-29-24-22-27-34-45-56(61)63-50-52(39-16-11-4)41-31-19-14-9-2)49-37-30-25-23-28-35-46-57(62)64-51-53(40-17-12-5)42-32-20-15-10-3/h52-54H,8-51H2,1-7H3. The number of carbonyl (C=O) groups excluding carboxylic acids is 3. The zero-order valence-corrected chi connectivity index (χ0v) is 44.3. The van der Waals surface area contributed by atoms with Crippen molar-refractivity contribution in [3.05, 3.63) is 0 Å². The van der Waals surface area contributed by atoms with Gasteiger partial charge >= 0.3 is 11.9 Å². The van der Waals surface area contributed by atoms with Crippen molar-refractivity contribution < 1.29 is 23.9 Å². The number of ether oxygens (including phenoxy) is 2. The van der Waals surface area contributed by atoms with Gasteiger partial charge in [-0.1, -0.05) is 195 Å². The Morgan fingerprint density at radius 3 is 1.11 bits per heavy atom. The lowest BCUT2D eigenvalue weighted by atomic mass is 9.96. The number of hydrogen-bond donors (Lipinski definition) is 0. The first-order chi connectivity index (χ1) is 31.2. The second kappa shape index (κ2) is 48.0. The zero-order valence-electron chi connectivity index (χ0n) is 44.3. The molecule has 0 heterocycles. The Hall–Kier alpha value is -1.47. The number of hydrogen-bond acceptors (Lipinski definition) is 7. The summed E-state index contributed by atoms with van der Waals surface area (Å²) in [5, 5.41) is 0. The van der Waals surface area contributed by atoms with E-state index in [1.54, 1.807) is 0 Å². The van der Waals surface area contributed by atoms with Crippen molar-refractivity contribution >= 4 is 17.7 Å². The van der Waals surface area contributed by atoms with Crippen molar-refractivity contribution in [2.24, 2.45) is 11.8 Å². The van der Waals surface area contributed by atoms with E-state index in [0.29, 0.717) is 43.7 Å². The molecule has 0 aliphatic heterocycles. The fraction of sp³-hybridized carbons (Fsp3) is 0.947. The molecule has 0 spiro atoms. The van der Waals surface area contributed by atoms with Gasteiger partial charge in [-0.3, -0.25) is 19.3 Å². The van der Waals surface area contributed by atoms with Crippen LogP contribution in [0.2, 0.25) is 0 Å². The van der Waals surface area contributed by atoms with Crippen LogP contribution in [0.15, 0.2) is 0 Å². The quantitative estimate of drug-likeness (QED) is 0.0444. The third kappa shape index (κ3) is 40.8. The monoisotopic (exact) mass is 905 g/mol. The molecule has 0 saturated carbocycles. The van der Waals surface area contributed by atoms with E-state index in [4.69, 9.17) is 9.47 Å². The molecule has 0 aliphatic carbocycles. The summed E-state index contributed by atoms with van der Waals surface area (Å²) in [6.07, 6.45) is 44.2. The Morgan fingerprint density at radius 1 is 0.359 bits per heavy atom. The Morgan fingerprint density at radius 2 is 0.703 bits per heavy atom. The first-order valence-electron chi connectivity index (χ1n) is 28.4. The second-order valence-corrected chi connectivity index (χ2v) is 20.3. The smallest absolute Gasteiger partial charge is 0.305 e. The predicted octanol–water partition coefficient (Wildman–Crippen LogP) is 16.4. The highest BCUT2D eigenvalue weighted by Crippen LogP contribution is 2.22. The summed E-state index contributed by atoms with van der Waals surface area (Å²) in [4.78, 5) is 44.0. The lowest BCUT2D eigenvalue weighted by molar-refractivity contribution is -0.146. The molecule has 3 unspecified atom stereocenters. The van der Waals surface area contributed by atoms with Crippen LogP contribution >= 0.6 is 0 Å². The molecular weight excluding hydrogens is 793 g/mol. The number of carbonyl (C=O) groups is 3. The van der Waals surface area contributed by atoms with Crippen LogP contribution in [0, 0.1) is 11.8 Å². The molecule has 0 radical (unpaired) electrons. The van der Waals surface area contributed by atoms with Gasteiger partial charge in [0.25, 0.3) is 0 Å². The summed E-state index contributed by atoms with van der Waals surface area (Å²) in [7, 11) is 4.27. The molecule has 0 aliphatic rings. The highest BCUT2D eigenvalue weighted by molar-refractivity contribution is 5.84. The highest BCUT2D eigenvalue weighted by Gasteiger charge is 2.25. The molecule has 7 nitrogen and oxygen atoms in total. The number of unbranched alkanes of at least 4 members (excludes halogenated alkanes) is 23. The number of nitrogens with zero attached hydrogens (tertiary/aromatic N) is 2. The first kappa shape index (κ1) is 62.5. The summed E-state index contributed by atoms with van der Waals surface area (Å²) in [6, 6.07) is 0.0310. The Balaban J connectivity index is 4.96. The predicted molar refractivity (Wildman–Crippen MR) is 276 cm³/mol. The van der Waals surface area contributed by atoms with E-state index in [1.807, 2.05) is 0 Å². The molecule has 0 rings (SSSR count). The molecule has 0 saturated heterocycles. The zero-order chi connectivity index (χ0) is 47.1. The molecule has 0 N–H and O–H groups in total. The van der Waals surface area contributed by atoms with E-state index >= 15 is 0 Å². The maximum absolute atomic E-state index is 13.9. The van der Waals surface area contributed by atoms with Crippen molar-refractivity contribution in [2.45, 2.75) is 291 Å². The largest absolute Gasteiger partial charge is 0.465 e. The molecular formula is C57H112N2O5. The van der Waals surface area contributed by atoms with Gasteiger partial charge in [0.15, 0.2) is 0 Å². The molecule has 0 aromatic heterocycles. The van der Waals surface area contributed by atoms with Crippen molar-refractivity contribution in [1.82, 2.24) is 9.80 Å². The van der Waals surface area contributed by atoms with Gasteiger partial charge in [-0.25, -0.2) is 0 Å². The minimum absolute atomic E-state index is 0.00815. The molecule has 3 atom stereocenters. The van der Waals surface area contributed by atoms with Gasteiger partial charge in [-0.15, -0.1) is 0 Å². The van der Waals surface area contributed by atoms with Crippen LogP contribution in [-0.2, 0) is 23.9 Å². The highest BCUT2D eigenvalue weighted by atomic mass is 16.5. The maximum atomic E-state index is 13.9. The number of rotatable bonds is 51. The molecule has 0 fully saturated rings. The second-order valence-electron chi connectivity index (χ2n) is 20.3. The fourth-order valence-corrected chi connectivity index (χ4v) is 9.29. The third-order valence-electron chi connectivity index (χ3n) is 13.6. The lowest BCUT2D eigenvalue weighted by Gasteiger charge is -2.31. The minimum atomic E-state index is -0.00815. The van der Waals surface area contributed by atoms with E-state index in [9.17, 15) is 14.4 Å². The van der Waals surface area contributed by atoms with Crippen LogP contribution in [-0.4, -0.2) is 80.5 Å². The van der Waals surface area contributed by atoms with Crippen LogP contribution in [0.4, 0.5) is 0 Å². The van der Waals surface area contributed by atoms with E-state index in [0.717, 1.165) is 96.7 Å². The van der Waals surface area contributed by atoms with Gasteiger partial charge in [0.05, 0.1) is 19.3 Å². The van der Waals surface area contributed by atoms with Gasteiger partial charge in [-0.05, 0) is 116 Å². The molecule has 64 heavy (non-hydrogen) atoms. The van der Waals surface area contributed by atoms with Gasteiger partial charge in [0, 0.05) is 19.3 Å². The van der Waals surface area contributed by atoms with Crippen molar-refractivity contribution in [3.63, 3.8) is 0 Å². The summed E-state index contributed by atoms with van der Waals surface area (Å²) in [5.41, 5.74) is 0. The third-order valence-corrected chi connectivity index (χ3v) is 13.6. The lowest BCUT2D eigenvalue weighted by Crippen LogP contribution is -2.43. The molecule has 0 aromatic rings. The number of ketones is 1. The topological polar surface area (TPSA) is 76.2 Å². The number of Topliss-reactive ketones (excluding diaryl/α,β-unsaturated/α-hetero) is 1. The number of esters is 2. The summed E-state index contributed by atoms with van der Waals surface area (Å²) < 4.78 is 11.6. The maximum Gasteiger partial charge on any atom is 0.305 e. The van der Waals surface area contributed by atoms with Crippen LogP contribution < -0.4 is 0 Å². The Labute approximate surface area is 399 Å². The van der Waals surface area contributed by atoms with Crippen molar-refractivity contribution in [1.29, 1.82) is 0 Å². The van der Waals surface area contributed by atoms with Crippen LogP contribution in [0.25, 0.3) is 0 Å². The van der Waals surface area contributed by atoms with Crippen molar-refractivity contribution in [3.8, 4) is 0 Å². The SMILES string of the molecule is CCCCCCCCC(=O)C(CCCN(C)C)N(CCCCCCCCC(=O)OCC(CCCC)CCCCCC)CCCCCCCCC(=O)OCC(CCCC)CCCCCC. The fourth-order valence-electron chi connectivity index (χ4n) is 9.29.